The van der Waals surface area contributed by atoms with Crippen molar-refractivity contribution in [2.75, 3.05) is 13.1 Å². The molecule has 0 radical (unpaired) electrons. The molecule has 0 bridgehead atoms. The Kier molecular flexibility index (Phi) is 2.17. The number of phenolic OH excluding ortho intramolecular Hbond substituents is 1. The van der Waals surface area contributed by atoms with Gasteiger partial charge in [0.1, 0.15) is 11.6 Å². The maximum Gasteiger partial charge on any atom is 0.123 e. The van der Waals surface area contributed by atoms with E-state index in [0.717, 1.165) is 0 Å². The minimum atomic E-state index is -0.828. The lowest BCUT2D eigenvalue weighted by atomic mass is 9.89. The van der Waals surface area contributed by atoms with Gasteiger partial charge in [-0.15, -0.1) is 0 Å². The van der Waals surface area contributed by atoms with E-state index < -0.39 is 11.4 Å². The lowest BCUT2D eigenvalue weighted by Crippen LogP contribution is -2.60. The van der Waals surface area contributed by atoms with Crippen LogP contribution in [0.15, 0.2) is 18.2 Å². The number of phenols is 1. The van der Waals surface area contributed by atoms with E-state index in [2.05, 4.69) is 5.32 Å². The van der Waals surface area contributed by atoms with Gasteiger partial charge in [-0.05, 0) is 23.8 Å². The lowest BCUT2D eigenvalue weighted by molar-refractivity contribution is -0.00948. The number of hydrogen-bond donors (Lipinski definition) is 3. The number of β-amino-alcohol motifs (C(OH)–C–C–N with tert-alkyl or cyclic N) is 1. The van der Waals surface area contributed by atoms with Crippen LogP contribution in [-0.2, 0) is 6.42 Å². The van der Waals surface area contributed by atoms with Crippen molar-refractivity contribution in [3.05, 3.63) is 29.6 Å². The highest BCUT2D eigenvalue weighted by molar-refractivity contribution is 5.34. The van der Waals surface area contributed by atoms with Gasteiger partial charge in [0.05, 0.1) is 5.60 Å². The maximum atomic E-state index is 12.8. The van der Waals surface area contributed by atoms with Crippen LogP contribution < -0.4 is 5.32 Å². The highest BCUT2D eigenvalue weighted by atomic mass is 19.1. The average molecular weight is 197 g/mol. The van der Waals surface area contributed by atoms with Gasteiger partial charge in [0.15, 0.2) is 0 Å². The van der Waals surface area contributed by atoms with Crippen LogP contribution in [0.25, 0.3) is 0 Å². The third-order valence-electron chi connectivity index (χ3n) is 2.47. The number of aromatic hydroxyl groups is 1. The van der Waals surface area contributed by atoms with Crippen molar-refractivity contribution in [3.63, 3.8) is 0 Å². The summed E-state index contributed by atoms with van der Waals surface area (Å²) in [4.78, 5) is 0. The summed E-state index contributed by atoms with van der Waals surface area (Å²) in [5, 5.41) is 22.1. The van der Waals surface area contributed by atoms with E-state index in [-0.39, 0.29) is 12.2 Å². The highest BCUT2D eigenvalue weighted by Crippen LogP contribution is 2.25. The van der Waals surface area contributed by atoms with Gasteiger partial charge < -0.3 is 15.5 Å². The smallest absolute Gasteiger partial charge is 0.123 e. The summed E-state index contributed by atoms with van der Waals surface area (Å²) in [6.07, 6.45) is 0.281. The van der Waals surface area contributed by atoms with Gasteiger partial charge in [0.2, 0.25) is 0 Å². The molecule has 0 unspecified atom stereocenters. The predicted molar refractivity (Wildman–Crippen MR) is 49.6 cm³/mol. The van der Waals surface area contributed by atoms with Gasteiger partial charge >= 0.3 is 0 Å². The zero-order valence-electron chi connectivity index (χ0n) is 7.63. The van der Waals surface area contributed by atoms with Crippen molar-refractivity contribution in [2.24, 2.45) is 0 Å². The molecule has 1 aliphatic heterocycles. The molecule has 0 amide bonds. The van der Waals surface area contributed by atoms with Crippen LogP contribution in [0.2, 0.25) is 0 Å². The normalized spacial score (nSPS) is 19.0. The van der Waals surface area contributed by atoms with Crippen molar-refractivity contribution in [1.29, 1.82) is 0 Å². The Morgan fingerprint density at radius 1 is 1.43 bits per heavy atom. The number of nitrogens with one attached hydrogen (secondary N) is 1. The van der Waals surface area contributed by atoms with Crippen molar-refractivity contribution < 1.29 is 14.6 Å². The van der Waals surface area contributed by atoms with Crippen molar-refractivity contribution in [2.45, 2.75) is 12.0 Å². The van der Waals surface area contributed by atoms with Gasteiger partial charge in [-0.1, -0.05) is 0 Å². The molecule has 0 saturated carbocycles. The van der Waals surface area contributed by atoms with Gasteiger partial charge in [0, 0.05) is 19.5 Å². The minimum absolute atomic E-state index is 0.0340. The second-order valence-electron chi connectivity index (χ2n) is 3.78. The first-order chi connectivity index (χ1) is 6.59. The summed E-state index contributed by atoms with van der Waals surface area (Å²) in [7, 11) is 0. The van der Waals surface area contributed by atoms with E-state index in [1.165, 1.54) is 18.2 Å². The van der Waals surface area contributed by atoms with Gasteiger partial charge in [-0.25, -0.2) is 4.39 Å². The Morgan fingerprint density at radius 2 is 2.14 bits per heavy atom. The van der Waals surface area contributed by atoms with E-state index >= 15 is 0 Å². The number of hydrogen-bond acceptors (Lipinski definition) is 3. The monoisotopic (exact) mass is 197 g/mol. The first-order valence-corrected chi connectivity index (χ1v) is 4.50. The largest absolute Gasteiger partial charge is 0.508 e. The molecule has 3 N–H and O–H groups in total. The SMILES string of the molecule is Oc1ccc(F)cc1CC1(O)CNC1. The zero-order chi connectivity index (χ0) is 10.2. The Labute approximate surface area is 81.2 Å². The first kappa shape index (κ1) is 9.43. The molecule has 0 aliphatic carbocycles. The van der Waals surface area contributed by atoms with Crippen molar-refractivity contribution in [3.8, 4) is 5.75 Å². The minimum Gasteiger partial charge on any atom is -0.508 e. The fraction of sp³-hybridized carbons (Fsp3) is 0.400. The van der Waals surface area contributed by atoms with Crippen molar-refractivity contribution in [1.82, 2.24) is 5.32 Å². The molecular weight excluding hydrogens is 185 g/mol. The molecule has 0 atom stereocenters. The third-order valence-corrected chi connectivity index (χ3v) is 2.47. The summed E-state index contributed by atoms with van der Waals surface area (Å²) in [5.74, 6) is -0.361. The maximum absolute atomic E-state index is 12.8. The number of halogens is 1. The number of aliphatic hydroxyl groups is 1. The fourth-order valence-corrected chi connectivity index (χ4v) is 1.59. The molecule has 76 valence electrons. The molecule has 1 fully saturated rings. The lowest BCUT2D eigenvalue weighted by Gasteiger charge is -2.37. The summed E-state index contributed by atoms with van der Waals surface area (Å²) < 4.78 is 12.8. The zero-order valence-corrected chi connectivity index (χ0v) is 7.63. The van der Waals surface area contributed by atoms with Crippen LogP contribution in [0, 0.1) is 5.82 Å². The average Bonchev–Trinajstić information content (AvgIpc) is 2.09. The van der Waals surface area contributed by atoms with E-state index in [1.807, 2.05) is 0 Å². The van der Waals surface area contributed by atoms with Crippen LogP contribution in [0.3, 0.4) is 0 Å². The van der Waals surface area contributed by atoms with Gasteiger partial charge in [0.25, 0.3) is 0 Å². The standard InChI is InChI=1S/C10H12FNO2/c11-8-1-2-9(13)7(3-8)4-10(14)5-12-6-10/h1-3,12-14H,4-6H2. The molecule has 1 heterocycles. The van der Waals surface area contributed by atoms with E-state index in [9.17, 15) is 14.6 Å². The summed E-state index contributed by atoms with van der Waals surface area (Å²) in [6.45, 7) is 0.978. The summed E-state index contributed by atoms with van der Waals surface area (Å²) >= 11 is 0. The molecule has 1 aromatic rings. The second-order valence-corrected chi connectivity index (χ2v) is 3.78. The molecule has 1 aromatic carbocycles. The summed E-state index contributed by atoms with van der Waals surface area (Å²) in [5.41, 5.74) is -0.375. The molecule has 2 rings (SSSR count). The molecular formula is C10H12FNO2. The van der Waals surface area contributed by atoms with Crippen LogP contribution in [0.5, 0.6) is 5.75 Å². The Hall–Kier alpha value is -1.13. The van der Waals surface area contributed by atoms with E-state index in [0.29, 0.717) is 18.7 Å². The Morgan fingerprint density at radius 3 is 2.71 bits per heavy atom. The quantitative estimate of drug-likeness (QED) is 0.643. The predicted octanol–water partition coefficient (Wildman–Crippen LogP) is 0.408. The van der Waals surface area contributed by atoms with Gasteiger partial charge in [-0.3, -0.25) is 0 Å². The number of benzene rings is 1. The number of rotatable bonds is 2. The second kappa shape index (κ2) is 3.22. The molecule has 14 heavy (non-hydrogen) atoms. The molecule has 3 nitrogen and oxygen atoms in total. The first-order valence-electron chi connectivity index (χ1n) is 4.50. The van der Waals surface area contributed by atoms with Crippen LogP contribution in [0.1, 0.15) is 5.56 Å². The topological polar surface area (TPSA) is 52.5 Å². The van der Waals surface area contributed by atoms with Crippen LogP contribution in [-0.4, -0.2) is 28.9 Å². The molecule has 0 spiro atoms. The fourth-order valence-electron chi connectivity index (χ4n) is 1.59. The van der Waals surface area contributed by atoms with Gasteiger partial charge in [-0.2, -0.15) is 0 Å². The van der Waals surface area contributed by atoms with Crippen LogP contribution in [0.4, 0.5) is 4.39 Å². The van der Waals surface area contributed by atoms with Crippen LogP contribution >= 0.6 is 0 Å². The molecule has 0 aromatic heterocycles. The molecule has 1 saturated heterocycles. The van der Waals surface area contributed by atoms with Crippen molar-refractivity contribution >= 4 is 0 Å². The molecule has 4 heteroatoms. The Balaban J connectivity index is 2.19. The highest BCUT2D eigenvalue weighted by Gasteiger charge is 2.34. The van der Waals surface area contributed by atoms with E-state index in [4.69, 9.17) is 0 Å². The third kappa shape index (κ3) is 1.71. The Bertz CT molecular complexity index is 350. The molecule has 1 aliphatic rings. The van der Waals surface area contributed by atoms with E-state index in [1.54, 1.807) is 0 Å². The summed E-state index contributed by atoms with van der Waals surface area (Å²) in [6, 6.07) is 3.76.